The second-order valence-electron chi connectivity index (χ2n) is 7.99. The first-order chi connectivity index (χ1) is 15.9. The molecule has 2 heterocycles. The third-order valence-corrected chi connectivity index (χ3v) is 9.12. The van der Waals surface area contributed by atoms with Gasteiger partial charge in [0.25, 0.3) is 15.9 Å². The number of thiophene rings is 1. The fraction of sp³-hybridized carbons (Fsp3) is 0.250. The van der Waals surface area contributed by atoms with Crippen LogP contribution in [0.25, 0.3) is 0 Å². The molecule has 7 nitrogen and oxygen atoms in total. The van der Waals surface area contributed by atoms with Gasteiger partial charge in [0.1, 0.15) is 5.00 Å². The minimum absolute atomic E-state index is 0.126. The molecule has 0 saturated heterocycles. The van der Waals surface area contributed by atoms with E-state index in [9.17, 15) is 18.0 Å². The Balaban J connectivity index is 1.38. The number of carbonyl (C=O) groups is 2. The molecule has 0 radical (unpaired) electrons. The largest absolute Gasteiger partial charge is 0.465 e. The average molecular weight is 483 g/mol. The smallest absolute Gasteiger partial charge is 0.341 e. The summed E-state index contributed by atoms with van der Waals surface area (Å²) in [6, 6.07) is 13.3. The summed E-state index contributed by atoms with van der Waals surface area (Å²) in [5, 5.41) is 3.29. The number of ether oxygens (including phenoxy) is 1. The van der Waals surface area contributed by atoms with Gasteiger partial charge in [-0.25, -0.2) is 13.2 Å². The lowest BCUT2D eigenvalue weighted by Gasteiger charge is -2.19. The van der Waals surface area contributed by atoms with E-state index in [0.717, 1.165) is 35.3 Å². The number of rotatable bonds is 5. The topological polar surface area (TPSA) is 92.8 Å². The van der Waals surface area contributed by atoms with E-state index in [1.54, 1.807) is 6.07 Å². The number of hydrogen-bond donors (Lipinski definition) is 1. The normalized spacial score (nSPS) is 14.6. The maximum atomic E-state index is 13.2. The Labute approximate surface area is 196 Å². The van der Waals surface area contributed by atoms with Crippen molar-refractivity contribution in [3.05, 3.63) is 75.7 Å². The minimum atomic E-state index is -3.73. The van der Waals surface area contributed by atoms with Crippen molar-refractivity contribution in [2.24, 2.45) is 0 Å². The predicted molar refractivity (Wildman–Crippen MR) is 127 cm³/mol. The van der Waals surface area contributed by atoms with Gasteiger partial charge in [-0.3, -0.25) is 9.10 Å². The zero-order valence-electron chi connectivity index (χ0n) is 18.0. The number of methoxy groups -OCH3 is 1. The molecule has 9 heteroatoms. The van der Waals surface area contributed by atoms with Crippen LogP contribution in [-0.4, -0.2) is 33.9 Å². The van der Waals surface area contributed by atoms with E-state index < -0.39 is 21.9 Å². The van der Waals surface area contributed by atoms with Crippen LogP contribution < -0.4 is 9.62 Å². The Kier molecular flexibility index (Phi) is 5.46. The summed E-state index contributed by atoms with van der Waals surface area (Å²) in [6.45, 7) is 0.392. The molecule has 170 valence electrons. The molecule has 5 rings (SSSR count). The van der Waals surface area contributed by atoms with Gasteiger partial charge >= 0.3 is 5.97 Å². The molecule has 0 unspecified atom stereocenters. The lowest BCUT2D eigenvalue weighted by molar-refractivity contribution is 0.0601. The Morgan fingerprint density at radius 3 is 2.55 bits per heavy atom. The fourth-order valence-electron chi connectivity index (χ4n) is 4.45. The molecular weight excluding hydrogens is 460 g/mol. The summed E-state index contributed by atoms with van der Waals surface area (Å²) < 4.78 is 32.7. The summed E-state index contributed by atoms with van der Waals surface area (Å²) in [7, 11) is -2.41. The number of carbonyl (C=O) groups excluding carboxylic acids is 2. The molecule has 0 spiro atoms. The molecule has 3 aromatic rings. The molecule has 33 heavy (non-hydrogen) atoms. The van der Waals surface area contributed by atoms with Crippen molar-refractivity contribution >= 4 is 43.9 Å². The zero-order chi connectivity index (χ0) is 23.2. The van der Waals surface area contributed by atoms with E-state index in [1.807, 2.05) is 18.2 Å². The number of anilines is 2. The molecule has 1 aliphatic carbocycles. The highest BCUT2D eigenvalue weighted by atomic mass is 32.2. The quantitative estimate of drug-likeness (QED) is 0.555. The predicted octanol–water partition coefficient (Wildman–Crippen LogP) is 4.03. The molecule has 0 atom stereocenters. The van der Waals surface area contributed by atoms with Crippen LogP contribution in [0.1, 0.15) is 43.1 Å². The van der Waals surface area contributed by atoms with Crippen molar-refractivity contribution in [2.45, 2.75) is 30.6 Å². The highest BCUT2D eigenvalue weighted by Crippen LogP contribution is 2.39. The van der Waals surface area contributed by atoms with E-state index in [0.29, 0.717) is 34.8 Å². The molecule has 2 aliphatic rings. The second kappa shape index (κ2) is 8.31. The van der Waals surface area contributed by atoms with Crippen LogP contribution >= 0.6 is 11.3 Å². The summed E-state index contributed by atoms with van der Waals surface area (Å²) in [6.07, 6.45) is 3.32. The highest BCUT2D eigenvalue weighted by molar-refractivity contribution is 7.92. The lowest BCUT2D eigenvalue weighted by atomic mass is 10.1. The van der Waals surface area contributed by atoms with Crippen molar-refractivity contribution in [3.8, 4) is 0 Å². The van der Waals surface area contributed by atoms with Gasteiger partial charge in [0, 0.05) is 17.0 Å². The first-order valence-corrected chi connectivity index (χ1v) is 12.9. The number of benzene rings is 2. The first-order valence-electron chi connectivity index (χ1n) is 10.6. The van der Waals surface area contributed by atoms with Crippen LogP contribution in [0.5, 0.6) is 0 Å². The van der Waals surface area contributed by atoms with Crippen molar-refractivity contribution in [1.29, 1.82) is 0 Å². The van der Waals surface area contributed by atoms with Gasteiger partial charge in [-0.1, -0.05) is 18.2 Å². The molecule has 2 aromatic carbocycles. The maximum absolute atomic E-state index is 13.2. The maximum Gasteiger partial charge on any atom is 0.341 e. The van der Waals surface area contributed by atoms with Crippen LogP contribution in [0.2, 0.25) is 0 Å². The van der Waals surface area contributed by atoms with Crippen LogP contribution in [0.4, 0.5) is 10.7 Å². The molecule has 1 aromatic heterocycles. The van der Waals surface area contributed by atoms with E-state index in [-0.39, 0.29) is 4.90 Å². The SMILES string of the molecule is COC(=O)c1c(NC(=O)c2ccc(S(=O)(=O)N3CCc4ccccc43)cc2)sc2c1CCC2. The molecule has 0 bridgehead atoms. The van der Waals surface area contributed by atoms with Gasteiger partial charge in [0.05, 0.1) is 23.3 Å². The number of amides is 1. The fourth-order valence-corrected chi connectivity index (χ4v) is 7.22. The van der Waals surface area contributed by atoms with Gasteiger partial charge in [0.2, 0.25) is 0 Å². The van der Waals surface area contributed by atoms with Crippen molar-refractivity contribution in [1.82, 2.24) is 0 Å². The van der Waals surface area contributed by atoms with Crippen LogP contribution in [0.15, 0.2) is 53.4 Å². The summed E-state index contributed by atoms with van der Waals surface area (Å²) in [5.41, 5.74) is 3.38. The van der Waals surface area contributed by atoms with Gasteiger partial charge in [-0.05, 0) is 67.1 Å². The third kappa shape index (κ3) is 3.71. The van der Waals surface area contributed by atoms with Crippen LogP contribution in [0, 0.1) is 0 Å². The Morgan fingerprint density at radius 2 is 1.79 bits per heavy atom. The highest BCUT2D eigenvalue weighted by Gasteiger charge is 2.31. The third-order valence-electron chi connectivity index (χ3n) is 6.09. The number of esters is 1. The monoisotopic (exact) mass is 482 g/mol. The molecule has 1 N–H and O–H groups in total. The van der Waals surface area contributed by atoms with Crippen molar-refractivity contribution in [3.63, 3.8) is 0 Å². The Morgan fingerprint density at radius 1 is 1.03 bits per heavy atom. The lowest BCUT2D eigenvalue weighted by Crippen LogP contribution is -2.29. The number of para-hydroxylation sites is 1. The van der Waals surface area contributed by atoms with E-state index in [2.05, 4.69) is 5.32 Å². The van der Waals surface area contributed by atoms with Crippen LogP contribution in [0.3, 0.4) is 0 Å². The van der Waals surface area contributed by atoms with Crippen LogP contribution in [-0.2, 0) is 34.0 Å². The summed E-state index contributed by atoms with van der Waals surface area (Å²) >= 11 is 1.40. The van der Waals surface area contributed by atoms with E-state index >= 15 is 0 Å². The number of sulfonamides is 1. The van der Waals surface area contributed by atoms with Crippen molar-refractivity contribution < 1.29 is 22.7 Å². The van der Waals surface area contributed by atoms with Gasteiger partial charge < -0.3 is 10.1 Å². The standard InChI is InChI=1S/C24H22N2O5S2/c1-31-24(28)21-18-6-4-8-20(18)32-23(21)25-22(27)16-9-11-17(12-10-16)33(29,30)26-14-13-15-5-2-3-7-19(15)26/h2-3,5,7,9-12H,4,6,8,13-14H2,1H3,(H,25,27). The number of nitrogens with zero attached hydrogens (tertiary/aromatic N) is 1. The van der Waals surface area contributed by atoms with Gasteiger partial charge in [0.15, 0.2) is 0 Å². The minimum Gasteiger partial charge on any atom is -0.465 e. The molecular formula is C24H22N2O5S2. The Bertz CT molecular complexity index is 1360. The molecule has 0 fully saturated rings. The van der Waals surface area contributed by atoms with E-state index in [4.69, 9.17) is 4.74 Å². The number of hydrogen-bond acceptors (Lipinski definition) is 6. The van der Waals surface area contributed by atoms with Gasteiger partial charge in [-0.15, -0.1) is 11.3 Å². The zero-order valence-corrected chi connectivity index (χ0v) is 19.6. The molecule has 1 amide bonds. The second-order valence-corrected chi connectivity index (χ2v) is 11.0. The van der Waals surface area contributed by atoms with E-state index in [1.165, 1.54) is 47.0 Å². The molecule has 0 saturated carbocycles. The van der Waals surface area contributed by atoms with Gasteiger partial charge in [-0.2, -0.15) is 0 Å². The molecule has 1 aliphatic heterocycles. The Hall–Kier alpha value is -3.17. The number of fused-ring (bicyclic) bond motifs is 2. The number of aryl methyl sites for hydroxylation is 1. The number of nitrogens with one attached hydrogen (secondary N) is 1. The first kappa shape index (κ1) is 21.7. The summed E-state index contributed by atoms with van der Waals surface area (Å²) in [5.74, 6) is -0.868. The average Bonchev–Trinajstić information content (AvgIpc) is 3.53. The summed E-state index contributed by atoms with van der Waals surface area (Å²) in [4.78, 5) is 26.4. The van der Waals surface area contributed by atoms with Crippen molar-refractivity contribution in [2.75, 3.05) is 23.3 Å².